The molecule has 1 N–H and O–H groups in total. The number of benzene rings is 2. The molecule has 0 unspecified atom stereocenters. The van der Waals surface area contributed by atoms with Crippen LogP contribution >= 0.6 is 0 Å². The van der Waals surface area contributed by atoms with Gasteiger partial charge in [0.05, 0.1) is 13.7 Å². The minimum atomic E-state index is -0.392. The smallest absolute Gasteiger partial charge is 0.238 e. The number of rotatable bonds is 8. The third kappa shape index (κ3) is 5.57. The maximum atomic E-state index is 13.8. The van der Waals surface area contributed by atoms with Crippen LogP contribution in [-0.2, 0) is 17.8 Å². The molecule has 0 aliphatic carbocycles. The third-order valence-corrected chi connectivity index (χ3v) is 4.08. The summed E-state index contributed by atoms with van der Waals surface area (Å²) in [7, 11) is 1.44. The molecule has 25 heavy (non-hydrogen) atoms. The van der Waals surface area contributed by atoms with E-state index < -0.39 is 5.82 Å². The van der Waals surface area contributed by atoms with Crippen LogP contribution in [0.3, 0.4) is 0 Å². The molecule has 0 spiro atoms. The predicted octanol–water partition coefficient (Wildman–Crippen LogP) is 3.86. The summed E-state index contributed by atoms with van der Waals surface area (Å²) in [5.41, 5.74) is 2.82. The lowest BCUT2D eigenvalue weighted by atomic mass is 10.1. The molecular formula is C20H25FN2O2. The first-order valence-corrected chi connectivity index (χ1v) is 8.49. The van der Waals surface area contributed by atoms with Gasteiger partial charge in [0.15, 0.2) is 11.6 Å². The Morgan fingerprint density at radius 1 is 1.12 bits per heavy atom. The highest BCUT2D eigenvalue weighted by molar-refractivity contribution is 5.92. The lowest BCUT2D eigenvalue weighted by molar-refractivity contribution is -0.117. The summed E-state index contributed by atoms with van der Waals surface area (Å²) in [6.45, 7) is 5.51. The fourth-order valence-electron chi connectivity index (χ4n) is 2.57. The highest BCUT2D eigenvalue weighted by Crippen LogP contribution is 2.18. The van der Waals surface area contributed by atoms with E-state index >= 15 is 0 Å². The molecule has 0 fully saturated rings. The lowest BCUT2D eigenvalue weighted by Gasteiger charge is -2.20. The number of hydrogen-bond donors (Lipinski definition) is 1. The Morgan fingerprint density at radius 3 is 2.36 bits per heavy atom. The molecule has 5 heteroatoms. The summed E-state index contributed by atoms with van der Waals surface area (Å²) in [5.74, 6) is -0.253. The highest BCUT2D eigenvalue weighted by Gasteiger charge is 2.12. The minimum absolute atomic E-state index is 0.0833. The van der Waals surface area contributed by atoms with E-state index in [9.17, 15) is 9.18 Å². The van der Waals surface area contributed by atoms with E-state index in [1.54, 1.807) is 6.07 Å². The van der Waals surface area contributed by atoms with Gasteiger partial charge in [-0.15, -0.1) is 0 Å². The Bertz CT molecular complexity index is 701. The van der Waals surface area contributed by atoms with Crippen molar-refractivity contribution in [3.63, 3.8) is 0 Å². The van der Waals surface area contributed by atoms with Gasteiger partial charge in [0.1, 0.15) is 0 Å². The number of hydrogen-bond acceptors (Lipinski definition) is 3. The summed E-state index contributed by atoms with van der Waals surface area (Å²) in [6.07, 6.45) is 0.969. The SMILES string of the molecule is CCc1ccc(NC(=O)CN(CC)Cc2ccc(OC)c(F)c2)cc1. The van der Waals surface area contributed by atoms with Crippen molar-refractivity contribution in [2.24, 2.45) is 0 Å². The minimum Gasteiger partial charge on any atom is -0.494 e. The van der Waals surface area contributed by atoms with Crippen molar-refractivity contribution in [2.45, 2.75) is 26.8 Å². The largest absolute Gasteiger partial charge is 0.494 e. The summed E-state index contributed by atoms with van der Waals surface area (Å²) < 4.78 is 18.7. The second kappa shape index (κ2) is 9.18. The molecule has 4 nitrogen and oxygen atoms in total. The van der Waals surface area contributed by atoms with Gasteiger partial charge in [-0.05, 0) is 48.4 Å². The standard InChI is InChI=1S/C20H25FN2O2/c1-4-15-6-9-17(10-7-15)22-20(24)14-23(5-2)13-16-8-11-19(25-3)18(21)12-16/h6-12H,4-5,13-14H2,1-3H3,(H,22,24). The number of ether oxygens (including phenoxy) is 1. The van der Waals surface area contributed by atoms with Crippen LogP contribution in [0.4, 0.5) is 10.1 Å². The van der Waals surface area contributed by atoms with Crippen molar-refractivity contribution in [3.8, 4) is 5.75 Å². The van der Waals surface area contributed by atoms with E-state index in [2.05, 4.69) is 12.2 Å². The van der Waals surface area contributed by atoms with Gasteiger partial charge >= 0.3 is 0 Å². The van der Waals surface area contributed by atoms with E-state index in [1.165, 1.54) is 18.7 Å². The van der Waals surface area contributed by atoms with E-state index in [1.807, 2.05) is 42.2 Å². The maximum absolute atomic E-state index is 13.8. The predicted molar refractivity (Wildman–Crippen MR) is 98.4 cm³/mol. The molecule has 0 radical (unpaired) electrons. The zero-order valence-electron chi connectivity index (χ0n) is 15.0. The van der Waals surface area contributed by atoms with Crippen molar-refractivity contribution in [1.29, 1.82) is 0 Å². The number of halogens is 1. The van der Waals surface area contributed by atoms with Gasteiger partial charge in [0.25, 0.3) is 0 Å². The average Bonchev–Trinajstić information content (AvgIpc) is 2.62. The zero-order chi connectivity index (χ0) is 18.2. The van der Waals surface area contributed by atoms with Gasteiger partial charge in [0, 0.05) is 12.2 Å². The Labute approximate surface area is 148 Å². The first kappa shape index (κ1) is 18.9. The molecular weight excluding hydrogens is 319 g/mol. The molecule has 0 atom stereocenters. The number of nitrogens with one attached hydrogen (secondary N) is 1. The van der Waals surface area contributed by atoms with Gasteiger partial charge in [-0.25, -0.2) is 4.39 Å². The van der Waals surface area contributed by atoms with E-state index in [0.29, 0.717) is 13.1 Å². The number of aryl methyl sites for hydroxylation is 1. The van der Waals surface area contributed by atoms with Gasteiger partial charge in [-0.1, -0.05) is 32.0 Å². The number of likely N-dealkylation sites (N-methyl/N-ethyl adjacent to an activating group) is 1. The van der Waals surface area contributed by atoms with Crippen LogP contribution in [0, 0.1) is 5.82 Å². The van der Waals surface area contributed by atoms with Crippen LogP contribution in [0.25, 0.3) is 0 Å². The first-order valence-electron chi connectivity index (χ1n) is 8.49. The fraction of sp³-hybridized carbons (Fsp3) is 0.350. The number of methoxy groups -OCH3 is 1. The number of carbonyl (C=O) groups is 1. The topological polar surface area (TPSA) is 41.6 Å². The Hall–Kier alpha value is -2.40. The summed E-state index contributed by atoms with van der Waals surface area (Å²) in [6, 6.07) is 12.7. The Balaban J connectivity index is 1.93. The molecule has 0 saturated heterocycles. The van der Waals surface area contributed by atoms with Crippen LogP contribution in [-0.4, -0.2) is 31.0 Å². The summed E-state index contributed by atoms with van der Waals surface area (Å²) in [5, 5.41) is 2.90. The highest BCUT2D eigenvalue weighted by atomic mass is 19.1. The van der Waals surface area contributed by atoms with Crippen LogP contribution in [0.15, 0.2) is 42.5 Å². The Morgan fingerprint density at radius 2 is 1.80 bits per heavy atom. The van der Waals surface area contributed by atoms with Crippen LogP contribution in [0.1, 0.15) is 25.0 Å². The maximum Gasteiger partial charge on any atom is 0.238 e. The van der Waals surface area contributed by atoms with Crippen LogP contribution in [0.2, 0.25) is 0 Å². The zero-order valence-corrected chi connectivity index (χ0v) is 15.0. The number of nitrogens with zero attached hydrogens (tertiary/aromatic N) is 1. The van der Waals surface area contributed by atoms with Crippen LogP contribution < -0.4 is 10.1 Å². The third-order valence-electron chi connectivity index (χ3n) is 4.08. The van der Waals surface area contributed by atoms with Gasteiger partial charge in [-0.3, -0.25) is 9.69 Å². The van der Waals surface area contributed by atoms with Crippen molar-refractivity contribution < 1.29 is 13.9 Å². The van der Waals surface area contributed by atoms with Crippen molar-refractivity contribution in [3.05, 3.63) is 59.4 Å². The second-order valence-corrected chi connectivity index (χ2v) is 5.87. The van der Waals surface area contributed by atoms with Crippen LogP contribution in [0.5, 0.6) is 5.75 Å². The average molecular weight is 344 g/mol. The molecule has 0 aromatic heterocycles. The number of carbonyl (C=O) groups excluding carboxylic acids is 1. The molecule has 0 aliphatic rings. The van der Waals surface area contributed by atoms with E-state index in [0.717, 1.165) is 17.7 Å². The quantitative estimate of drug-likeness (QED) is 0.791. The molecule has 0 aliphatic heterocycles. The van der Waals surface area contributed by atoms with Crippen molar-refractivity contribution in [2.75, 3.05) is 25.5 Å². The number of amides is 1. The molecule has 2 aromatic carbocycles. The molecule has 0 heterocycles. The normalized spacial score (nSPS) is 10.8. The Kier molecular flexibility index (Phi) is 6.95. The van der Waals surface area contributed by atoms with E-state index in [-0.39, 0.29) is 18.2 Å². The molecule has 134 valence electrons. The molecule has 2 aromatic rings. The molecule has 2 rings (SSSR count). The second-order valence-electron chi connectivity index (χ2n) is 5.87. The monoisotopic (exact) mass is 344 g/mol. The molecule has 1 amide bonds. The fourth-order valence-corrected chi connectivity index (χ4v) is 2.57. The van der Waals surface area contributed by atoms with Gasteiger partial charge in [0.2, 0.25) is 5.91 Å². The van der Waals surface area contributed by atoms with Gasteiger partial charge < -0.3 is 10.1 Å². The van der Waals surface area contributed by atoms with Gasteiger partial charge in [-0.2, -0.15) is 0 Å². The first-order chi connectivity index (χ1) is 12.0. The van der Waals surface area contributed by atoms with Crippen molar-refractivity contribution >= 4 is 11.6 Å². The summed E-state index contributed by atoms with van der Waals surface area (Å²) >= 11 is 0. The molecule has 0 saturated carbocycles. The number of anilines is 1. The van der Waals surface area contributed by atoms with E-state index in [4.69, 9.17) is 4.74 Å². The summed E-state index contributed by atoms with van der Waals surface area (Å²) in [4.78, 5) is 14.2. The lowest BCUT2D eigenvalue weighted by Crippen LogP contribution is -2.32. The molecule has 0 bridgehead atoms. The van der Waals surface area contributed by atoms with Crippen molar-refractivity contribution in [1.82, 2.24) is 4.90 Å².